The van der Waals surface area contributed by atoms with Crippen LogP contribution in [-0.2, 0) is 4.74 Å². The normalized spacial score (nSPS) is 23.2. The number of hydrogen-bond donors (Lipinski definition) is 0. The molecule has 1 atom stereocenters. The summed E-state index contributed by atoms with van der Waals surface area (Å²) in [5.41, 5.74) is 0.952. The number of benzene rings is 1. The van der Waals surface area contributed by atoms with Gasteiger partial charge in [0, 0.05) is 55.8 Å². The molecule has 1 aromatic carbocycles. The number of hydrogen-bond acceptors (Lipinski definition) is 4. The summed E-state index contributed by atoms with van der Waals surface area (Å²) >= 11 is 6.08. The number of amidine groups is 1. The highest BCUT2D eigenvalue weighted by molar-refractivity contribution is 6.30. The first-order chi connectivity index (χ1) is 13.9. The number of methoxy groups -OCH3 is 1. The first-order valence-electron chi connectivity index (χ1n) is 9.80. The largest absolute Gasteiger partial charge is 0.501 e. The van der Waals surface area contributed by atoms with Crippen molar-refractivity contribution in [3.05, 3.63) is 35.1 Å². The van der Waals surface area contributed by atoms with Gasteiger partial charge in [-0.15, -0.1) is 0 Å². The lowest BCUT2D eigenvalue weighted by Crippen LogP contribution is -2.75. The van der Waals surface area contributed by atoms with E-state index in [9.17, 15) is 4.79 Å². The number of nitrogens with zero attached hydrogens (tertiary/aromatic N) is 4. The zero-order chi connectivity index (χ0) is 20.8. The molecular weight excluding hydrogens is 392 g/mol. The molecule has 0 aromatic heterocycles. The fraction of sp³-hybridized carbons (Fsp3) is 0.524. The number of aliphatic imine (C=N–C) groups is 1. The second kappa shape index (κ2) is 7.44. The number of rotatable bonds is 2. The lowest BCUT2D eigenvalue weighted by molar-refractivity contribution is -0.0621. The van der Waals surface area contributed by atoms with Crippen LogP contribution in [0.15, 0.2) is 35.0 Å². The lowest BCUT2D eigenvalue weighted by Gasteiger charge is -2.61. The van der Waals surface area contributed by atoms with Crippen LogP contribution in [0.2, 0.25) is 5.02 Å². The number of amides is 2. The van der Waals surface area contributed by atoms with Gasteiger partial charge in [-0.3, -0.25) is 9.89 Å². The minimum absolute atomic E-state index is 0.0217. The van der Waals surface area contributed by atoms with Crippen LogP contribution in [0, 0.1) is 5.41 Å². The highest BCUT2D eigenvalue weighted by Crippen LogP contribution is 2.42. The fourth-order valence-electron chi connectivity index (χ4n) is 4.33. The number of fused-ring (bicyclic) bond motifs is 1. The summed E-state index contributed by atoms with van der Waals surface area (Å²) < 4.78 is 11.0. The molecule has 0 saturated carbocycles. The van der Waals surface area contributed by atoms with Gasteiger partial charge in [-0.1, -0.05) is 11.6 Å². The lowest BCUT2D eigenvalue weighted by atomic mass is 9.73. The monoisotopic (exact) mass is 418 g/mol. The molecule has 2 amide bonds. The maximum atomic E-state index is 13.2. The third-order valence-corrected chi connectivity index (χ3v) is 6.13. The Morgan fingerprint density at radius 1 is 1.31 bits per heavy atom. The molecule has 0 aliphatic carbocycles. The first kappa shape index (κ1) is 19.9. The Hall–Kier alpha value is -2.41. The van der Waals surface area contributed by atoms with Crippen LogP contribution in [0.5, 0.6) is 5.75 Å². The molecule has 2 saturated heterocycles. The van der Waals surface area contributed by atoms with Gasteiger partial charge in [0.05, 0.1) is 24.6 Å². The summed E-state index contributed by atoms with van der Waals surface area (Å²) in [7, 11) is 3.45. The number of carbonyl (C=O) groups is 1. The standard InChI is InChI=1S/C21H27ClN4O3/c1-14-9-29-18-8-16(22)5-6-17(18)26(14)20(27)25-12-21(13-25)10-24(11-21)19(23-3)7-15(2)28-4/h5-8,14H,9-13H2,1-4H3/b15-7+,23-19+. The van der Waals surface area contributed by atoms with Crippen molar-refractivity contribution in [1.82, 2.24) is 9.80 Å². The highest BCUT2D eigenvalue weighted by Gasteiger charge is 2.55. The molecule has 29 heavy (non-hydrogen) atoms. The molecule has 2 fully saturated rings. The Balaban J connectivity index is 1.40. The summed E-state index contributed by atoms with van der Waals surface area (Å²) in [5.74, 6) is 2.42. The molecule has 4 rings (SSSR count). The van der Waals surface area contributed by atoms with Gasteiger partial charge in [-0.2, -0.15) is 0 Å². The van der Waals surface area contributed by atoms with Crippen molar-refractivity contribution >= 4 is 29.2 Å². The Morgan fingerprint density at radius 3 is 2.66 bits per heavy atom. The zero-order valence-corrected chi connectivity index (χ0v) is 18.1. The number of anilines is 1. The number of allylic oxidation sites excluding steroid dienone is 1. The van der Waals surface area contributed by atoms with E-state index in [-0.39, 0.29) is 17.5 Å². The molecule has 156 valence electrons. The smallest absolute Gasteiger partial charge is 0.325 e. The minimum atomic E-state index is -0.0217. The quantitative estimate of drug-likeness (QED) is 0.420. The van der Waals surface area contributed by atoms with Crippen LogP contribution in [0.25, 0.3) is 0 Å². The van der Waals surface area contributed by atoms with E-state index in [4.69, 9.17) is 21.1 Å². The van der Waals surface area contributed by atoms with E-state index < -0.39 is 0 Å². The van der Waals surface area contributed by atoms with Gasteiger partial charge in [0.15, 0.2) is 0 Å². The molecule has 0 radical (unpaired) electrons. The van der Waals surface area contributed by atoms with Gasteiger partial charge in [-0.25, -0.2) is 4.79 Å². The summed E-state index contributed by atoms with van der Waals surface area (Å²) in [4.78, 5) is 23.6. The molecule has 1 unspecified atom stereocenters. The number of carbonyl (C=O) groups excluding carboxylic acids is 1. The molecule has 3 aliphatic heterocycles. The molecule has 0 N–H and O–H groups in total. The Kier molecular flexibility index (Phi) is 5.11. The van der Waals surface area contributed by atoms with E-state index in [1.165, 1.54) is 0 Å². The van der Waals surface area contributed by atoms with Gasteiger partial charge in [0.2, 0.25) is 0 Å². The van der Waals surface area contributed by atoms with Crippen LogP contribution >= 0.6 is 11.6 Å². The van der Waals surface area contributed by atoms with E-state index in [2.05, 4.69) is 9.89 Å². The summed E-state index contributed by atoms with van der Waals surface area (Å²) in [6.07, 6.45) is 1.95. The van der Waals surface area contributed by atoms with Gasteiger partial charge >= 0.3 is 6.03 Å². The van der Waals surface area contributed by atoms with E-state index in [1.54, 1.807) is 26.3 Å². The van der Waals surface area contributed by atoms with E-state index in [0.29, 0.717) is 17.4 Å². The number of urea groups is 1. The average molecular weight is 419 g/mol. The molecule has 1 spiro atoms. The zero-order valence-electron chi connectivity index (χ0n) is 17.3. The maximum Gasteiger partial charge on any atom is 0.325 e. The second-order valence-electron chi connectivity index (χ2n) is 8.18. The number of likely N-dealkylation sites (tertiary alicyclic amines) is 2. The molecular formula is C21H27ClN4O3. The predicted molar refractivity (Wildman–Crippen MR) is 114 cm³/mol. The first-order valence-corrected chi connectivity index (χ1v) is 10.2. The predicted octanol–water partition coefficient (Wildman–Crippen LogP) is 3.24. The fourth-order valence-corrected chi connectivity index (χ4v) is 4.49. The van der Waals surface area contributed by atoms with E-state index in [1.807, 2.05) is 35.8 Å². The van der Waals surface area contributed by atoms with E-state index >= 15 is 0 Å². The van der Waals surface area contributed by atoms with E-state index in [0.717, 1.165) is 43.5 Å². The molecule has 1 aromatic rings. The van der Waals surface area contributed by atoms with Crippen LogP contribution in [0.3, 0.4) is 0 Å². The third kappa shape index (κ3) is 3.52. The second-order valence-corrected chi connectivity index (χ2v) is 8.61. The van der Waals surface area contributed by atoms with Crippen molar-refractivity contribution in [3.63, 3.8) is 0 Å². The molecule has 7 nitrogen and oxygen atoms in total. The average Bonchev–Trinajstić information content (AvgIpc) is 2.64. The molecule has 8 heteroatoms. The maximum absolute atomic E-state index is 13.2. The minimum Gasteiger partial charge on any atom is -0.501 e. The number of halogens is 1. The van der Waals surface area contributed by atoms with Crippen molar-refractivity contribution in [2.45, 2.75) is 19.9 Å². The van der Waals surface area contributed by atoms with Gasteiger partial charge in [0.25, 0.3) is 0 Å². The van der Waals surface area contributed by atoms with Crippen molar-refractivity contribution < 1.29 is 14.3 Å². The third-order valence-electron chi connectivity index (χ3n) is 5.89. The van der Waals surface area contributed by atoms with Gasteiger partial charge < -0.3 is 19.3 Å². The van der Waals surface area contributed by atoms with Crippen LogP contribution in [-0.4, -0.2) is 74.7 Å². The summed E-state index contributed by atoms with van der Waals surface area (Å²) in [6, 6.07) is 5.44. The van der Waals surface area contributed by atoms with Crippen molar-refractivity contribution in [2.75, 3.05) is 51.8 Å². The SMILES string of the molecule is C/N=C(\C=C(/C)OC)N1CC2(CN(C(=O)N3c4ccc(Cl)cc4OCC3C)C2)C1. The van der Waals surface area contributed by atoms with Gasteiger partial charge in [0.1, 0.15) is 18.2 Å². The Bertz CT molecular complexity index is 871. The molecule has 3 heterocycles. The van der Waals surface area contributed by atoms with Crippen LogP contribution < -0.4 is 9.64 Å². The summed E-state index contributed by atoms with van der Waals surface area (Å²) in [5, 5.41) is 0.606. The Labute approximate surface area is 176 Å². The van der Waals surface area contributed by atoms with Crippen molar-refractivity contribution in [2.24, 2.45) is 10.4 Å². The van der Waals surface area contributed by atoms with Crippen molar-refractivity contribution in [3.8, 4) is 5.75 Å². The molecule has 3 aliphatic rings. The van der Waals surface area contributed by atoms with Crippen LogP contribution in [0.4, 0.5) is 10.5 Å². The molecule has 0 bridgehead atoms. The summed E-state index contributed by atoms with van der Waals surface area (Å²) in [6.45, 7) is 7.72. The highest BCUT2D eigenvalue weighted by atomic mass is 35.5. The Morgan fingerprint density at radius 2 is 2.00 bits per heavy atom. The topological polar surface area (TPSA) is 57.6 Å². The number of ether oxygens (including phenoxy) is 2. The van der Waals surface area contributed by atoms with Gasteiger partial charge in [-0.05, 0) is 26.0 Å². The van der Waals surface area contributed by atoms with Crippen LogP contribution in [0.1, 0.15) is 13.8 Å². The van der Waals surface area contributed by atoms with Crippen molar-refractivity contribution in [1.29, 1.82) is 0 Å².